The maximum atomic E-state index is 11.8. The van der Waals surface area contributed by atoms with Gasteiger partial charge in [-0.15, -0.1) is 0 Å². The molecule has 0 saturated carbocycles. The predicted octanol–water partition coefficient (Wildman–Crippen LogP) is 4.18. The fourth-order valence-corrected chi connectivity index (χ4v) is 4.19. The van der Waals surface area contributed by atoms with Crippen molar-refractivity contribution in [3.63, 3.8) is 0 Å². The molecule has 1 saturated heterocycles. The van der Waals surface area contributed by atoms with E-state index in [2.05, 4.69) is 0 Å². The Balaban J connectivity index is 1.76. The Bertz CT molecular complexity index is 811. The normalized spacial score (nSPS) is 23.4. The van der Waals surface area contributed by atoms with Crippen molar-refractivity contribution < 1.29 is 23.8 Å². The zero-order valence-corrected chi connectivity index (χ0v) is 18.2. The molecule has 1 aliphatic heterocycles. The average molecular weight is 429 g/mol. The Morgan fingerprint density at radius 2 is 1.33 bits per heavy atom. The highest BCUT2D eigenvalue weighted by atomic mass is 32.2. The summed E-state index contributed by atoms with van der Waals surface area (Å²) in [4.78, 5) is 23.4. The third kappa shape index (κ3) is 6.77. The lowest BCUT2D eigenvalue weighted by molar-refractivity contribution is -0.122. The maximum Gasteiger partial charge on any atom is 0.185 e. The number of hydrogen-bond acceptors (Lipinski definition) is 6. The van der Waals surface area contributed by atoms with Crippen LogP contribution >= 0.6 is 11.8 Å². The first-order valence-electron chi connectivity index (χ1n) is 10.1. The van der Waals surface area contributed by atoms with Gasteiger partial charge in [0.25, 0.3) is 0 Å². The molecule has 1 heterocycles. The van der Waals surface area contributed by atoms with E-state index < -0.39 is 12.2 Å². The van der Waals surface area contributed by atoms with Crippen LogP contribution in [0.5, 0.6) is 0 Å². The summed E-state index contributed by atoms with van der Waals surface area (Å²) in [6.45, 7) is 3.90. The molecule has 0 aliphatic carbocycles. The highest BCUT2D eigenvalue weighted by Gasteiger charge is 2.46. The fraction of sp³-hybridized carbons (Fsp3) is 0.417. The molecule has 6 heteroatoms. The van der Waals surface area contributed by atoms with Gasteiger partial charge in [-0.1, -0.05) is 72.4 Å². The van der Waals surface area contributed by atoms with Crippen molar-refractivity contribution in [2.45, 2.75) is 57.9 Å². The van der Waals surface area contributed by atoms with E-state index in [4.69, 9.17) is 14.2 Å². The van der Waals surface area contributed by atoms with Gasteiger partial charge in [-0.05, 0) is 18.1 Å². The third-order valence-corrected chi connectivity index (χ3v) is 5.82. The highest BCUT2D eigenvalue weighted by Crippen LogP contribution is 2.32. The summed E-state index contributed by atoms with van der Waals surface area (Å²) in [5.74, 6) is 0.504. The highest BCUT2D eigenvalue weighted by molar-refractivity contribution is 8.13. The zero-order valence-electron chi connectivity index (χ0n) is 17.4. The van der Waals surface area contributed by atoms with Crippen LogP contribution in [0.3, 0.4) is 0 Å². The van der Waals surface area contributed by atoms with Crippen LogP contribution in [0.2, 0.25) is 0 Å². The number of benzene rings is 2. The van der Waals surface area contributed by atoms with Crippen molar-refractivity contribution >= 4 is 22.7 Å². The van der Waals surface area contributed by atoms with Crippen LogP contribution in [0.1, 0.15) is 31.4 Å². The van der Waals surface area contributed by atoms with E-state index >= 15 is 0 Å². The van der Waals surface area contributed by atoms with Gasteiger partial charge in [0.05, 0.1) is 25.4 Å². The number of thioether (sulfide) groups is 1. The standard InChI is InChI=1S/C24H28O5S/c1-17(25)13-21-23(27-14-19-9-5-3-6-10-19)24(22(29-21)16-30-18(2)26)28-15-20-11-7-4-8-12-20/h3-12,21-24H,13-16H2,1-2H3/t21?,22-,23-,24-/m0/s1. The molecule has 160 valence electrons. The zero-order chi connectivity index (χ0) is 21.3. The van der Waals surface area contributed by atoms with E-state index in [1.54, 1.807) is 6.92 Å². The van der Waals surface area contributed by atoms with Crippen molar-refractivity contribution in [1.82, 2.24) is 0 Å². The molecule has 1 aliphatic rings. The van der Waals surface area contributed by atoms with Gasteiger partial charge in [-0.2, -0.15) is 0 Å². The number of Topliss-reactive ketones (excluding diaryl/α,β-unsaturated/α-hetero) is 1. The van der Waals surface area contributed by atoms with Crippen molar-refractivity contribution in [3.05, 3.63) is 71.8 Å². The minimum atomic E-state index is -0.399. The SMILES string of the molecule is CC(=O)CC1O[C@@H](CSC(C)=O)[C@H](OCc2ccccc2)[C@H]1OCc1ccccc1. The van der Waals surface area contributed by atoms with E-state index in [1.165, 1.54) is 18.7 Å². The molecule has 0 bridgehead atoms. The summed E-state index contributed by atoms with van der Waals surface area (Å²) in [5.41, 5.74) is 2.09. The van der Waals surface area contributed by atoms with Crippen molar-refractivity contribution in [1.29, 1.82) is 0 Å². The summed E-state index contributed by atoms with van der Waals surface area (Å²) in [6, 6.07) is 19.8. The lowest BCUT2D eigenvalue weighted by Crippen LogP contribution is -2.38. The second-order valence-electron chi connectivity index (χ2n) is 7.44. The number of ketones is 1. The van der Waals surface area contributed by atoms with Gasteiger partial charge in [0, 0.05) is 19.1 Å². The summed E-state index contributed by atoms with van der Waals surface area (Å²) in [7, 11) is 0. The molecule has 2 aromatic rings. The fourth-order valence-electron chi connectivity index (χ4n) is 3.52. The average Bonchev–Trinajstić information content (AvgIpc) is 3.06. The van der Waals surface area contributed by atoms with Crippen LogP contribution < -0.4 is 0 Å². The maximum absolute atomic E-state index is 11.8. The molecule has 1 unspecified atom stereocenters. The minimum absolute atomic E-state index is 0.0252. The van der Waals surface area contributed by atoms with E-state index in [1.807, 2.05) is 60.7 Å². The molecule has 2 aromatic carbocycles. The monoisotopic (exact) mass is 428 g/mol. The van der Waals surface area contributed by atoms with Crippen LogP contribution in [-0.2, 0) is 37.0 Å². The van der Waals surface area contributed by atoms with Crippen LogP contribution in [0.25, 0.3) is 0 Å². The van der Waals surface area contributed by atoms with Gasteiger partial charge >= 0.3 is 0 Å². The lowest BCUT2D eigenvalue weighted by Gasteiger charge is -2.25. The van der Waals surface area contributed by atoms with Crippen LogP contribution in [0.4, 0.5) is 0 Å². The Hall–Kier alpha value is -1.99. The molecule has 1 fully saturated rings. The minimum Gasteiger partial charge on any atom is -0.368 e. The summed E-state index contributed by atoms with van der Waals surface area (Å²) >= 11 is 1.21. The predicted molar refractivity (Wildman–Crippen MR) is 117 cm³/mol. The number of carbonyl (C=O) groups excluding carboxylic acids is 2. The van der Waals surface area contributed by atoms with Crippen LogP contribution in [0, 0.1) is 0 Å². The van der Waals surface area contributed by atoms with Crippen molar-refractivity contribution in [2.24, 2.45) is 0 Å². The van der Waals surface area contributed by atoms with Gasteiger partial charge in [-0.3, -0.25) is 9.59 Å². The van der Waals surface area contributed by atoms with E-state index in [0.29, 0.717) is 19.0 Å². The topological polar surface area (TPSA) is 61.8 Å². The first-order valence-corrected chi connectivity index (χ1v) is 11.1. The summed E-state index contributed by atoms with van der Waals surface area (Å²) in [5, 5.41) is 0.0252. The van der Waals surface area contributed by atoms with E-state index in [9.17, 15) is 9.59 Å². The van der Waals surface area contributed by atoms with E-state index in [-0.39, 0.29) is 29.5 Å². The Morgan fingerprint density at radius 1 is 0.833 bits per heavy atom. The number of hydrogen-bond donors (Lipinski definition) is 0. The first-order chi connectivity index (χ1) is 14.5. The third-order valence-electron chi connectivity index (χ3n) is 4.92. The first kappa shape index (κ1) is 22.7. The Morgan fingerprint density at radius 3 is 1.80 bits per heavy atom. The molecule has 0 amide bonds. The molecule has 0 aromatic heterocycles. The molecule has 4 atom stereocenters. The largest absolute Gasteiger partial charge is 0.368 e. The van der Waals surface area contributed by atoms with Gasteiger partial charge in [0.1, 0.15) is 18.0 Å². The quantitative estimate of drug-likeness (QED) is 0.566. The van der Waals surface area contributed by atoms with Crippen molar-refractivity contribution in [3.8, 4) is 0 Å². The number of carbonyl (C=O) groups is 2. The molecule has 0 radical (unpaired) electrons. The second kappa shape index (κ2) is 11.4. The molecular formula is C24H28O5S. The van der Waals surface area contributed by atoms with Crippen molar-refractivity contribution in [2.75, 3.05) is 5.75 Å². The smallest absolute Gasteiger partial charge is 0.185 e. The number of ether oxygens (including phenoxy) is 3. The van der Waals surface area contributed by atoms with Crippen LogP contribution in [0.15, 0.2) is 60.7 Å². The van der Waals surface area contributed by atoms with Crippen LogP contribution in [-0.4, -0.2) is 41.1 Å². The number of rotatable bonds is 10. The second-order valence-corrected chi connectivity index (χ2v) is 8.64. The van der Waals surface area contributed by atoms with Gasteiger partial charge in [-0.25, -0.2) is 0 Å². The summed E-state index contributed by atoms with van der Waals surface area (Å²) in [6.07, 6.45) is -1.23. The lowest BCUT2D eigenvalue weighted by atomic mass is 10.0. The molecule has 30 heavy (non-hydrogen) atoms. The van der Waals surface area contributed by atoms with E-state index in [0.717, 1.165) is 11.1 Å². The molecule has 0 spiro atoms. The Kier molecular flexibility index (Phi) is 8.63. The van der Waals surface area contributed by atoms with Gasteiger partial charge in [0.2, 0.25) is 0 Å². The summed E-state index contributed by atoms with van der Waals surface area (Å²) < 4.78 is 18.7. The molecule has 5 nitrogen and oxygen atoms in total. The van der Waals surface area contributed by atoms with Gasteiger partial charge in [0.15, 0.2) is 5.12 Å². The molecule has 3 rings (SSSR count). The Labute approximate surface area is 182 Å². The molecular weight excluding hydrogens is 400 g/mol. The van der Waals surface area contributed by atoms with Gasteiger partial charge < -0.3 is 14.2 Å². The molecule has 0 N–H and O–H groups in total.